The van der Waals surface area contributed by atoms with E-state index in [1.54, 1.807) is 25.4 Å². The summed E-state index contributed by atoms with van der Waals surface area (Å²) < 4.78 is 29.0. The summed E-state index contributed by atoms with van der Waals surface area (Å²) in [5.74, 6) is -1.47. The van der Waals surface area contributed by atoms with Gasteiger partial charge in [-0.3, -0.25) is 4.79 Å². The predicted octanol–water partition coefficient (Wildman–Crippen LogP) is 2.72. The fourth-order valence-electron chi connectivity index (χ4n) is 3.14. The number of amides is 1. The van der Waals surface area contributed by atoms with E-state index >= 15 is 0 Å². The van der Waals surface area contributed by atoms with Crippen molar-refractivity contribution in [2.75, 3.05) is 5.32 Å². The van der Waals surface area contributed by atoms with Crippen LogP contribution in [0, 0.1) is 18.6 Å². The number of hydrogen-bond acceptors (Lipinski definition) is 4. The van der Waals surface area contributed by atoms with Crippen LogP contribution in [-0.2, 0) is 4.79 Å². The van der Waals surface area contributed by atoms with Crippen molar-refractivity contribution in [3.8, 4) is 5.95 Å². The summed E-state index contributed by atoms with van der Waals surface area (Å²) in [6.45, 7) is 1.77. The van der Waals surface area contributed by atoms with Crippen LogP contribution in [0.3, 0.4) is 0 Å². The Kier molecular flexibility index (Phi) is 3.52. The lowest BCUT2D eigenvalue weighted by Crippen LogP contribution is -2.25. The molecule has 0 unspecified atom stereocenters. The first kappa shape index (κ1) is 15.4. The molecule has 0 spiro atoms. The van der Waals surface area contributed by atoms with Gasteiger partial charge in [0.05, 0.1) is 5.69 Å². The molecule has 2 aromatic heterocycles. The topological polar surface area (TPSA) is 72.7 Å². The summed E-state index contributed by atoms with van der Waals surface area (Å²) in [7, 11) is 0. The fraction of sp³-hybridized carbons (Fsp3) is 0.176. The molecule has 0 radical (unpaired) electrons. The van der Waals surface area contributed by atoms with Crippen LogP contribution in [0.15, 0.2) is 36.7 Å². The lowest BCUT2D eigenvalue weighted by molar-refractivity contribution is -0.116. The van der Waals surface area contributed by atoms with Crippen LogP contribution in [0.5, 0.6) is 0 Å². The zero-order valence-electron chi connectivity index (χ0n) is 13.2. The number of rotatable bonds is 2. The molecule has 0 bridgehead atoms. The molecule has 1 aliphatic rings. The molecule has 0 saturated carbocycles. The SMILES string of the molecule is Cc1nn(-c2ncccn2)c2c1[C@H](c1ccc(F)cc1F)CC(=O)N2. The number of nitrogens with one attached hydrogen (secondary N) is 1. The van der Waals surface area contributed by atoms with Gasteiger partial charge in [0.25, 0.3) is 5.95 Å². The first-order chi connectivity index (χ1) is 12.0. The number of hydrogen-bond donors (Lipinski definition) is 1. The number of anilines is 1. The minimum atomic E-state index is -0.686. The average molecular weight is 341 g/mol. The van der Waals surface area contributed by atoms with Crippen LogP contribution >= 0.6 is 0 Å². The van der Waals surface area contributed by atoms with Crippen LogP contribution in [0.1, 0.15) is 29.2 Å². The molecule has 1 aliphatic heterocycles. The Morgan fingerprint density at radius 1 is 1.24 bits per heavy atom. The van der Waals surface area contributed by atoms with Crippen LogP contribution in [0.25, 0.3) is 5.95 Å². The highest BCUT2D eigenvalue weighted by Gasteiger charge is 2.34. The molecule has 4 rings (SSSR count). The maximum Gasteiger partial charge on any atom is 0.252 e. The van der Waals surface area contributed by atoms with Crippen molar-refractivity contribution in [3.63, 3.8) is 0 Å². The minimum absolute atomic E-state index is 0.0533. The molecule has 25 heavy (non-hydrogen) atoms. The second-order valence-corrected chi connectivity index (χ2v) is 5.78. The molecule has 0 saturated heterocycles. The summed E-state index contributed by atoms with van der Waals surface area (Å²) in [6.07, 6.45) is 3.18. The molecule has 3 aromatic rings. The Labute approximate surface area is 141 Å². The second-order valence-electron chi connectivity index (χ2n) is 5.78. The lowest BCUT2D eigenvalue weighted by Gasteiger charge is -2.24. The molecule has 8 heteroatoms. The molecular weight excluding hydrogens is 328 g/mol. The Hall–Kier alpha value is -3.16. The van der Waals surface area contributed by atoms with E-state index in [0.29, 0.717) is 23.0 Å². The number of benzene rings is 1. The fourth-order valence-corrected chi connectivity index (χ4v) is 3.14. The van der Waals surface area contributed by atoms with Gasteiger partial charge in [0.1, 0.15) is 17.5 Å². The van der Waals surface area contributed by atoms with Gasteiger partial charge in [-0.1, -0.05) is 6.07 Å². The van der Waals surface area contributed by atoms with Crippen LogP contribution in [-0.4, -0.2) is 25.7 Å². The van der Waals surface area contributed by atoms with E-state index in [1.165, 1.54) is 16.8 Å². The zero-order valence-corrected chi connectivity index (χ0v) is 13.2. The maximum atomic E-state index is 14.3. The van der Waals surface area contributed by atoms with Crippen LogP contribution < -0.4 is 5.32 Å². The summed E-state index contributed by atoms with van der Waals surface area (Å²) >= 11 is 0. The van der Waals surface area contributed by atoms with Gasteiger partial charge in [0, 0.05) is 36.4 Å². The molecular formula is C17H13F2N5O. The Morgan fingerprint density at radius 2 is 2.00 bits per heavy atom. The summed E-state index contributed by atoms with van der Waals surface area (Å²) in [6, 6.07) is 5.04. The molecule has 6 nitrogen and oxygen atoms in total. The summed E-state index contributed by atoms with van der Waals surface area (Å²) in [5.41, 5.74) is 1.56. The molecule has 1 aromatic carbocycles. The number of aromatic nitrogens is 4. The van der Waals surface area contributed by atoms with Gasteiger partial charge in [0.2, 0.25) is 5.91 Å². The van der Waals surface area contributed by atoms with E-state index in [4.69, 9.17) is 0 Å². The number of fused-ring (bicyclic) bond motifs is 1. The van der Waals surface area contributed by atoms with Crippen molar-refractivity contribution in [2.45, 2.75) is 19.3 Å². The highest BCUT2D eigenvalue weighted by Crippen LogP contribution is 2.40. The van der Waals surface area contributed by atoms with Gasteiger partial charge in [-0.05, 0) is 24.6 Å². The standard InChI is InChI=1S/C17H13F2N5O/c1-9-15-12(11-4-3-10(18)7-13(11)19)8-14(25)22-16(15)24(23-9)17-20-5-2-6-21-17/h2-7,12H,8H2,1H3,(H,22,25)/t12-/m0/s1. The number of nitrogens with zero attached hydrogens (tertiary/aromatic N) is 4. The highest BCUT2D eigenvalue weighted by atomic mass is 19.1. The highest BCUT2D eigenvalue weighted by molar-refractivity contribution is 5.95. The van der Waals surface area contributed by atoms with Gasteiger partial charge in [-0.25, -0.2) is 18.7 Å². The van der Waals surface area contributed by atoms with Crippen LogP contribution in [0.2, 0.25) is 0 Å². The lowest BCUT2D eigenvalue weighted by atomic mass is 9.85. The van der Waals surface area contributed by atoms with E-state index in [2.05, 4.69) is 20.4 Å². The number of aryl methyl sites for hydroxylation is 1. The van der Waals surface area contributed by atoms with E-state index in [0.717, 1.165) is 6.07 Å². The first-order valence-electron chi connectivity index (χ1n) is 7.66. The van der Waals surface area contributed by atoms with Gasteiger partial charge < -0.3 is 5.32 Å². The maximum absolute atomic E-state index is 14.3. The predicted molar refractivity (Wildman–Crippen MR) is 85.3 cm³/mol. The largest absolute Gasteiger partial charge is 0.310 e. The first-order valence-corrected chi connectivity index (χ1v) is 7.66. The molecule has 1 amide bonds. The quantitative estimate of drug-likeness (QED) is 0.778. The third-order valence-corrected chi connectivity index (χ3v) is 4.18. The number of carbonyl (C=O) groups excluding carboxylic acids is 1. The van der Waals surface area contributed by atoms with Gasteiger partial charge in [0.15, 0.2) is 0 Å². The Balaban J connectivity index is 1.90. The number of carbonyl (C=O) groups is 1. The van der Waals surface area contributed by atoms with Crippen molar-refractivity contribution < 1.29 is 13.6 Å². The van der Waals surface area contributed by atoms with Crippen molar-refractivity contribution in [1.82, 2.24) is 19.7 Å². The Bertz CT molecular complexity index is 971. The van der Waals surface area contributed by atoms with Crippen molar-refractivity contribution in [2.24, 2.45) is 0 Å². The molecule has 126 valence electrons. The van der Waals surface area contributed by atoms with Crippen molar-refractivity contribution >= 4 is 11.7 Å². The van der Waals surface area contributed by atoms with Gasteiger partial charge >= 0.3 is 0 Å². The zero-order chi connectivity index (χ0) is 17.6. The molecule has 1 N–H and O–H groups in total. The molecule has 0 aliphatic carbocycles. The van der Waals surface area contributed by atoms with E-state index in [1.807, 2.05) is 0 Å². The monoisotopic (exact) mass is 341 g/mol. The van der Waals surface area contributed by atoms with Crippen LogP contribution in [0.4, 0.5) is 14.6 Å². The second kappa shape index (κ2) is 5.73. The van der Waals surface area contributed by atoms with Gasteiger partial charge in [-0.2, -0.15) is 9.78 Å². The van der Waals surface area contributed by atoms with Crippen molar-refractivity contribution in [3.05, 3.63) is 65.1 Å². The molecule has 1 atom stereocenters. The minimum Gasteiger partial charge on any atom is -0.310 e. The summed E-state index contributed by atoms with van der Waals surface area (Å²) in [4.78, 5) is 20.5. The third-order valence-electron chi connectivity index (χ3n) is 4.18. The smallest absolute Gasteiger partial charge is 0.252 e. The Morgan fingerprint density at radius 3 is 2.72 bits per heavy atom. The number of halogens is 2. The van der Waals surface area contributed by atoms with E-state index in [9.17, 15) is 13.6 Å². The normalized spacial score (nSPS) is 16.4. The molecule has 0 fully saturated rings. The molecule has 3 heterocycles. The summed E-state index contributed by atoms with van der Waals surface area (Å²) in [5, 5.41) is 7.16. The van der Waals surface area contributed by atoms with E-state index < -0.39 is 17.6 Å². The van der Waals surface area contributed by atoms with Gasteiger partial charge in [-0.15, -0.1) is 0 Å². The average Bonchev–Trinajstić information content (AvgIpc) is 2.92. The van der Waals surface area contributed by atoms with Crippen molar-refractivity contribution in [1.29, 1.82) is 0 Å². The van der Waals surface area contributed by atoms with E-state index in [-0.39, 0.29) is 17.9 Å². The third kappa shape index (κ3) is 2.55.